The molecule has 3 heteroatoms. The molecule has 2 N–H and O–H groups in total. The van der Waals surface area contributed by atoms with Gasteiger partial charge in [0.15, 0.2) is 0 Å². The molecule has 3 nitrogen and oxygen atoms in total. The molecule has 0 bridgehead atoms. The Labute approximate surface area is 62.5 Å². The first-order chi connectivity index (χ1) is 5.25. The average molecular weight is 150 g/mol. The molecule has 0 amide bonds. The van der Waals surface area contributed by atoms with Gasteiger partial charge in [-0.2, -0.15) is 0 Å². The molecule has 0 spiro atoms. The minimum absolute atomic E-state index is 0.131. The van der Waals surface area contributed by atoms with Crippen molar-refractivity contribution in [1.82, 2.24) is 0 Å². The Morgan fingerprint density at radius 3 is 2.73 bits per heavy atom. The summed E-state index contributed by atoms with van der Waals surface area (Å²) in [7, 11) is 0. The van der Waals surface area contributed by atoms with Gasteiger partial charge in [-0.05, 0) is 12.1 Å². The number of rotatable bonds is 0. The molecule has 0 aliphatic carbocycles. The van der Waals surface area contributed by atoms with Crippen molar-refractivity contribution in [2.24, 2.45) is 0 Å². The number of aromatic hydroxyl groups is 2. The molecule has 0 saturated carbocycles. The third-order valence-corrected chi connectivity index (χ3v) is 1.49. The van der Waals surface area contributed by atoms with Crippen LogP contribution in [0.25, 0.3) is 11.0 Å². The summed E-state index contributed by atoms with van der Waals surface area (Å²) >= 11 is 0. The van der Waals surface area contributed by atoms with Gasteiger partial charge in [0.05, 0.1) is 0 Å². The van der Waals surface area contributed by atoms with Crippen LogP contribution < -0.4 is 0 Å². The van der Waals surface area contributed by atoms with Crippen molar-refractivity contribution in [3.05, 3.63) is 24.3 Å². The average Bonchev–Trinajstić information content (AvgIpc) is 2.27. The van der Waals surface area contributed by atoms with Crippen molar-refractivity contribution in [3.8, 4) is 11.7 Å². The molecule has 0 radical (unpaired) electrons. The summed E-state index contributed by atoms with van der Waals surface area (Å²) < 4.78 is 4.84. The maximum atomic E-state index is 9.00. The monoisotopic (exact) mass is 150 g/mol. The summed E-state index contributed by atoms with van der Waals surface area (Å²) in [5.74, 6) is -0.00236. The second-order valence-corrected chi connectivity index (χ2v) is 2.31. The number of benzene rings is 1. The van der Waals surface area contributed by atoms with Crippen molar-refractivity contribution in [3.63, 3.8) is 0 Å². The van der Waals surface area contributed by atoms with Crippen molar-refractivity contribution in [1.29, 1.82) is 0 Å². The summed E-state index contributed by atoms with van der Waals surface area (Å²) in [6.07, 6.45) is 0. The lowest BCUT2D eigenvalue weighted by molar-refractivity contribution is 0.346. The fraction of sp³-hybridized carbons (Fsp3) is 0. The van der Waals surface area contributed by atoms with E-state index < -0.39 is 0 Å². The Balaban J connectivity index is 2.82. The number of phenols is 1. The van der Waals surface area contributed by atoms with Crippen LogP contribution in [0.1, 0.15) is 0 Å². The van der Waals surface area contributed by atoms with E-state index in [1.165, 1.54) is 18.2 Å². The van der Waals surface area contributed by atoms with Gasteiger partial charge in [0.1, 0.15) is 11.3 Å². The molecule has 0 aliphatic rings. The quantitative estimate of drug-likeness (QED) is 0.602. The number of fused-ring (bicyclic) bond motifs is 1. The lowest BCUT2D eigenvalue weighted by atomic mass is 10.2. The van der Waals surface area contributed by atoms with Gasteiger partial charge in [-0.3, -0.25) is 0 Å². The molecule has 0 aliphatic heterocycles. The maximum Gasteiger partial charge on any atom is 0.282 e. The zero-order chi connectivity index (χ0) is 7.84. The van der Waals surface area contributed by atoms with E-state index in [1.54, 1.807) is 6.07 Å². The molecule has 1 aromatic heterocycles. The van der Waals surface area contributed by atoms with Gasteiger partial charge in [-0.15, -0.1) is 0 Å². The topological polar surface area (TPSA) is 53.6 Å². The van der Waals surface area contributed by atoms with Crippen LogP contribution in [0.2, 0.25) is 0 Å². The zero-order valence-corrected chi connectivity index (χ0v) is 5.61. The second kappa shape index (κ2) is 1.92. The van der Waals surface area contributed by atoms with Gasteiger partial charge < -0.3 is 14.6 Å². The molecular weight excluding hydrogens is 144 g/mol. The van der Waals surface area contributed by atoms with E-state index in [-0.39, 0.29) is 11.7 Å². The molecule has 2 rings (SSSR count). The summed E-state index contributed by atoms with van der Waals surface area (Å²) in [5, 5.41) is 18.7. The van der Waals surface area contributed by atoms with Gasteiger partial charge in [-0.25, -0.2) is 0 Å². The van der Waals surface area contributed by atoms with Crippen LogP contribution in [0.15, 0.2) is 28.7 Å². The zero-order valence-electron chi connectivity index (χ0n) is 5.61. The SMILES string of the molecule is Oc1ccc2cc(O)oc2c1. The molecule has 0 fully saturated rings. The van der Waals surface area contributed by atoms with Gasteiger partial charge in [-0.1, -0.05) is 0 Å². The first kappa shape index (κ1) is 6.09. The first-order valence-corrected chi connectivity index (χ1v) is 3.17. The second-order valence-electron chi connectivity index (χ2n) is 2.31. The molecule has 1 aromatic carbocycles. The minimum Gasteiger partial charge on any atom is -0.508 e. The summed E-state index contributed by atoms with van der Waals surface area (Å²) in [4.78, 5) is 0. The maximum absolute atomic E-state index is 9.00. The van der Waals surface area contributed by atoms with Crippen LogP contribution in [0.5, 0.6) is 11.7 Å². The van der Waals surface area contributed by atoms with Crippen molar-refractivity contribution in [2.75, 3.05) is 0 Å². The Bertz CT molecular complexity index is 389. The van der Waals surface area contributed by atoms with E-state index in [4.69, 9.17) is 14.6 Å². The fourth-order valence-electron chi connectivity index (χ4n) is 1.01. The molecule has 56 valence electrons. The van der Waals surface area contributed by atoms with Gasteiger partial charge in [0, 0.05) is 17.5 Å². The predicted octanol–water partition coefficient (Wildman–Crippen LogP) is 1.84. The highest BCUT2D eigenvalue weighted by Gasteiger charge is 2.01. The highest BCUT2D eigenvalue weighted by atomic mass is 16.5. The van der Waals surface area contributed by atoms with Crippen LogP contribution in [0, 0.1) is 0 Å². The molecule has 0 unspecified atom stereocenters. The highest BCUT2D eigenvalue weighted by molar-refractivity contribution is 5.79. The van der Waals surface area contributed by atoms with E-state index in [2.05, 4.69) is 0 Å². The van der Waals surface area contributed by atoms with E-state index >= 15 is 0 Å². The molecule has 1 heterocycles. The molecule has 0 saturated heterocycles. The molecule has 11 heavy (non-hydrogen) atoms. The molecule has 2 aromatic rings. The molecule has 0 atom stereocenters. The minimum atomic E-state index is -0.134. The number of furan rings is 1. The Morgan fingerprint density at radius 2 is 1.91 bits per heavy atom. The van der Waals surface area contributed by atoms with Crippen LogP contribution in [-0.4, -0.2) is 10.2 Å². The van der Waals surface area contributed by atoms with E-state index in [0.717, 1.165) is 5.39 Å². The summed E-state index contributed by atoms with van der Waals surface area (Å²) in [6.45, 7) is 0. The van der Waals surface area contributed by atoms with E-state index in [1.807, 2.05) is 0 Å². The summed E-state index contributed by atoms with van der Waals surface area (Å²) in [6, 6.07) is 6.16. The first-order valence-electron chi connectivity index (χ1n) is 3.17. The molecular formula is C8H6O3. The third-order valence-electron chi connectivity index (χ3n) is 1.49. The van der Waals surface area contributed by atoms with Crippen molar-refractivity contribution in [2.45, 2.75) is 0 Å². The standard InChI is InChI=1S/C8H6O3/c9-6-2-1-5-3-8(10)11-7(5)4-6/h1-4,9-10H. The van der Waals surface area contributed by atoms with Gasteiger partial charge in [0.2, 0.25) is 0 Å². The van der Waals surface area contributed by atoms with Crippen LogP contribution in [0.3, 0.4) is 0 Å². The Kier molecular flexibility index (Phi) is 1.06. The normalized spacial score (nSPS) is 10.5. The lowest BCUT2D eigenvalue weighted by Gasteiger charge is -1.88. The summed E-state index contributed by atoms with van der Waals surface area (Å²) in [5.41, 5.74) is 0.488. The smallest absolute Gasteiger partial charge is 0.282 e. The Hall–Kier alpha value is -1.64. The number of hydrogen-bond donors (Lipinski definition) is 2. The number of hydrogen-bond acceptors (Lipinski definition) is 3. The van der Waals surface area contributed by atoms with Crippen molar-refractivity contribution < 1.29 is 14.6 Å². The lowest BCUT2D eigenvalue weighted by Crippen LogP contribution is -1.62. The van der Waals surface area contributed by atoms with Crippen molar-refractivity contribution >= 4 is 11.0 Å². The van der Waals surface area contributed by atoms with Crippen LogP contribution in [0.4, 0.5) is 0 Å². The fourth-order valence-corrected chi connectivity index (χ4v) is 1.01. The Morgan fingerprint density at radius 1 is 1.09 bits per heavy atom. The van der Waals surface area contributed by atoms with Crippen LogP contribution >= 0.6 is 0 Å². The highest BCUT2D eigenvalue weighted by Crippen LogP contribution is 2.26. The predicted molar refractivity (Wildman–Crippen MR) is 39.5 cm³/mol. The van der Waals surface area contributed by atoms with E-state index in [0.29, 0.717) is 5.58 Å². The van der Waals surface area contributed by atoms with Gasteiger partial charge >= 0.3 is 0 Å². The van der Waals surface area contributed by atoms with Gasteiger partial charge in [0.25, 0.3) is 5.95 Å². The number of phenolic OH excluding ortho intramolecular Hbond substituents is 1. The third kappa shape index (κ3) is 0.902. The van der Waals surface area contributed by atoms with Crippen LogP contribution in [-0.2, 0) is 0 Å². The van der Waals surface area contributed by atoms with E-state index in [9.17, 15) is 0 Å². The largest absolute Gasteiger partial charge is 0.508 e.